The predicted molar refractivity (Wildman–Crippen MR) is 101 cm³/mol. The first-order valence-corrected chi connectivity index (χ1v) is 9.54. The van der Waals surface area contributed by atoms with Crippen LogP contribution in [0.25, 0.3) is 0 Å². The molecule has 11 heteroatoms. The quantitative estimate of drug-likeness (QED) is 0.683. The largest absolute Gasteiger partial charge is 0.366 e. The van der Waals surface area contributed by atoms with E-state index in [1.54, 1.807) is 0 Å². The number of primary amides is 1. The molecule has 2 aromatic rings. The number of benzene rings is 2. The SMILES string of the molecule is CON(C)S(=O)(=O)c1cc(C(=O)Nc2cc(C(N)=O)cc(F)c2C)ccc1Cl. The number of nitrogens with one attached hydrogen (secondary N) is 1. The molecule has 2 aromatic carbocycles. The van der Waals surface area contributed by atoms with Gasteiger partial charge in [-0.25, -0.2) is 12.8 Å². The summed E-state index contributed by atoms with van der Waals surface area (Å²) < 4.78 is 39.4. The summed E-state index contributed by atoms with van der Waals surface area (Å²) in [4.78, 5) is 28.2. The Kier molecular flexibility index (Phi) is 6.40. The Labute approximate surface area is 166 Å². The summed E-state index contributed by atoms with van der Waals surface area (Å²) in [6.07, 6.45) is 0. The van der Waals surface area contributed by atoms with Crippen LogP contribution in [0.15, 0.2) is 35.2 Å². The molecule has 0 aliphatic heterocycles. The van der Waals surface area contributed by atoms with Crippen LogP contribution in [0.4, 0.5) is 10.1 Å². The number of carbonyl (C=O) groups is 2. The van der Waals surface area contributed by atoms with E-state index in [0.29, 0.717) is 4.47 Å². The summed E-state index contributed by atoms with van der Waals surface area (Å²) in [5.74, 6) is -2.33. The highest BCUT2D eigenvalue weighted by atomic mass is 35.5. The molecule has 28 heavy (non-hydrogen) atoms. The van der Waals surface area contributed by atoms with Crippen molar-refractivity contribution in [2.45, 2.75) is 11.8 Å². The Morgan fingerprint density at radius 1 is 1.21 bits per heavy atom. The molecule has 150 valence electrons. The zero-order valence-electron chi connectivity index (χ0n) is 15.1. The van der Waals surface area contributed by atoms with Crippen LogP contribution in [0.3, 0.4) is 0 Å². The predicted octanol–water partition coefficient (Wildman–Crippen LogP) is 2.32. The number of hydrogen-bond donors (Lipinski definition) is 2. The number of sulfonamides is 1. The van der Waals surface area contributed by atoms with Crippen molar-refractivity contribution in [1.82, 2.24) is 4.47 Å². The molecule has 0 bridgehead atoms. The monoisotopic (exact) mass is 429 g/mol. The molecule has 0 aliphatic carbocycles. The first-order valence-electron chi connectivity index (χ1n) is 7.73. The highest BCUT2D eigenvalue weighted by molar-refractivity contribution is 7.89. The van der Waals surface area contributed by atoms with Crippen LogP contribution < -0.4 is 11.1 Å². The van der Waals surface area contributed by atoms with Crippen molar-refractivity contribution >= 4 is 39.1 Å². The number of carbonyl (C=O) groups excluding carboxylic acids is 2. The van der Waals surface area contributed by atoms with Gasteiger partial charge in [0.2, 0.25) is 5.91 Å². The third-order valence-corrected chi connectivity index (χ3v) is 6.11. The van der Waals surface area contributed by atoms with E-state index >= 15 is 0 Å². The highest BCUT2D eigenvalue weighted by Gasteiger charge is 2.25. The summed E-state index contributed by atoms with van der Waals surface area (Å²) in [7, 11) is -1.78. The van der Waals surface area contributed by atoms with Crippen LogP contribution in [0.2, 0.25) is 5.02 Å². The van der Waals surface area contributed by atoms with Gasteiger partial charge in [0, 0.05) is 29.4 Å². The van der Waals surface area contributed by atoms with Gasteiger partial charge >= 0.3 is 0 Å². The molecule has 0 aliphatic rings. The second kappa shape index (κ2) is 8.23. The minimum atomic E-state index is -4.10. The van der Waals surface area contributed by atoms with Crippen molar-refractivity contribution < 1.29 is 27.2 Å². The fraction of sp³-hybridized carbons (Fsp3) is 0.176. The van der Waals surface area contributed by atoms with Crippen LogP contribution in [-0.4, -0.2) is 38.9 Å². The lowest BCUT2D eigenvalue weighted by Gasteiger charge is -2.16. The molecule has 3 N–H and O–H groups in total. The average Bonchev–Trinajstić information content (AvgIpc) is 2.64. The fourth-order valence-corrected chi connectivity index (χ4v) is 3.70. The minimum absolute atomic E-state index is 0.0205. The van der Waals surface area contributed by atoms with Crippen LogP contribution >= 0.6 is 11.6 Å². The molecule has 0 saturated carbocycles. The van der Waals surface area contributed by atoms with Gasteiger partial charge in [-0.3, -0.25) is 14.4 Å². The zero-order chi connectivity index (χ0) is 21.2. The Morgan fingerprint density at radius 3 is 2.43 bits per heavy atom. The molecule has 0 radical (unpaired) electrons. The van der Waals surface area contributed by atoms with E-state index in [1.165, 1.54) is 32.2 Å². The van der Waals surface area contributed by atoms with Gasteiger partial charge in [-0.1, -0.05) is 16.1 Å². The van der Waals surface area contributed by atoms with Crippen molar-refractivity contribution in [1.29, 1.82) is 0 Å². The first-order chi connectivity index (χ1) is 13.0. The first kappa shape index (κ1) is 21.8. The molecule has 0 saturated heterocycles. The molecule has 2 amide bonds. The van der Waals surface area contributed by atoms with Crippen LogP contribution in [0, 0.1) is 12.7 Å². The topological polar surface area (TPSA) is 119 Å². The third kappa shape index (κ3) is 4.30. The normalized spacial score (nSPS) is 11.5. The fourth-order valence-electron chi connectivity index (χ4n) is 2.22. The molecule has 0 heterocycles. The van der Waals surface area contributed by atoms with Gasteiger partial charge in [0.25, 0.3) is 15.9 Å². The van der Waals surface area contributed by atoms with Gasteiger partial charge in [0.05, 0.1) is 12.1 Å². The molecule has 0 fully saturated rings. The Balaban J connectivity index is 2.44. The molecule has 0 atom stereocenters. The molecule has 0 spiro atoms. The molecule has 8 nitrogen and oxygen atoms in total. The van der Waals surface area contributed by atoms with E-state index in [1.807, 2.05) is 0 Å². The van der Waals surface area contributed by atoms with Crippen molar-refractivity contribution in [3.8, 4) is 0 Å². The second-order valence-electron chi connectivity index (χ2n) is 5.69. The number of rotatable bonds is 6. The summed E-state index contributed by atoms with van der Waals surface area (Å²) in [6, 6.07) is 5.78. The summed E-state index contributed by atoms with van der Waals surface area (Å²) in [5.41, 5.74) is 5.07. The zero-order valence-corrected chi connectivity index (χ0v) is 16.7. The van der Waals surface area contributed by atoms with Crippen molar-refractivity contribution in [3.63, 3.8) is 0 Å². The van der Waals surface area contributed by atoms with Crippen LogP contribution in [0.1, 0.15) is 26.3 Å². The van der Waals surface area contributed by atoms with E-state index in [9.17, 15) is 22.4 Å². The van der Waals surface area contributed by atoms with E-state index in [0.717, 1.165) is 19.2 Å². The van der Waals surface area contributed by atoms with Crippen molar-refractivity contribution in [2.75, 3.05) is 19.5 Å². The maximum absolute atomic E-state index is 14.0. The van der Waals surface area contributed by atoms with Crippen molar-refractivity contribution in [3.05, 3.63) is 57.9 Å². The van der Waals surface area contributed by atoms with E-state index in [4.69, 9.17) is 17.3 Å². The number of hydrogen-bond acceptors (Lipinski definition) is 5. The number of halogens is 2. The van der Waals surface area contributed by atoms with Crippen molar-refractivity contribution in [2.24, 2.45) is 5.73 Å². The van der Waals surface area contributed by atoms with Gasteiger partial charge in [-0.2, -0.15) is 0 Å². The molecular weight excluding hydrogens is 413 g/mol. The van der Waals surface area contributed by atoms with Gasteiger partial charge in [0.15, 0.2) is 0 Å². The standard InChI is InChI=1S/C17H17ClFN3O5S/c1-9-13(19)6-11(16(20)23)7-14(9)21-17(24)10-4-5-12(18)15(8-10)28(25,26)22(2)27-3/h4-8H,1-3H3,(H2,20,23)(H,21,24). The van der Waals surface area contributed by atoms with E-state index in [-0.39, 0.29) is 32.3 Å². The smallest absolute Gasteiger partial charge is 0.266 e. The number of nitrogens with zero attached hydrogens (tertiary/aromatic N) is 1. The number of nitrogens with two attached hydrogens (primary N) is 1. The third-order valence-electron chi connectivity index (χ3n) is 3.94. The van der Waals surface area contributed by atoms with E-state index < -0.39 is 27.7 Å². The second-order valence-corrected chi connectivity index (χ2v) is 8.00. The van der Waals surface area contributed by atoms with Gasteiger partial charge in [0.1, 0.15) is 10.7 Å². The van der Waals surface area contributed by atoms with Gasteiger partial charge < -0.3 is 11.1 Å². The van der Waals surface area contributed by atoms with E-state index in [2.05, 4.69) is 10.2 Å². The summed E-state index contributed by atoms with van der Waals surface area (Å²) in [5, 5.41) is 2.32. The molecule has 2 rings (SSSR count). The lowest BCUT2D eigenvalue weighted by atomic mass is 10.1. The Hall–Kier alpha value is -2.53. The molecule has 0 unspecified atom stereocenters. The highest BCUT2D eigenvalue weighted by Crippen LogP contribution is 2.27. The Bertz CT molecular complexity index is 1060. The van der Waals surface area contributed by atoms with Gasteiger partial charge in [-0.05, 0) is 37.3 Å². The number of amides is 2. The molecular formula is C17H17ClFN3O5S. The Morgan fingerprint density at radius 2 is 1.86 bits per heavy atom. The number of hydroxylamine groups is 1. The lowest BCUT2D eigenvalue weighted by molar-refractivity contribution is -0.0258. The minimum Gasteiger partial charge on any atom is -0.366 e. The average molecular weight is 430 g/mol. The van der Waals surface area contributed by atoms with Crippen LogP contribution in [0.5, 0.6) is 0 Å². The summed E-state index contributed by atoms with van der Waals surface area (Å²) >= 11 is 5.95. The summed E-state index contributed by atoms with van der Waals surface area (Å²) in [6.45, 7) is 1.40. The van der Waals surface area contributed by atoms with Gasteiger partial charge in [-0.15, -0.1) is 0 Å². The van der Waals surface area contributed by atoms with Crippen LogP contribution in [-0.2, 0) is 14.9 Å². The maximum Gasteiger partial charge on any atom is 0.266 e. The molecule has 0 aromatic heterocycles. The lowest BCUT2D eigenvalue weighted by Crippen LogP contribution is -2.26. The number of anilines is 1. The maximum atomic E-state index is 14.0.